The van der Waals surface area contributed by atoms with Gasteiger partial charge in [-0.25, -0.2) is 18.2 Å². The van der Waals surface area contributed by atoms with E-state index in [0.717, 1.165) is 6.07 Å². The molecule has 3 aromatic rings. The number of rotatable bonds is 4. The van der Waals surface area contributed by atoms with Crippen LogP contribution in [-0.2, 0) is 11.3 Å². The second-order valence-corrected chi connectivity index (χ2v) is 8.19. The molecule has 0 unspecified atom stereocenters. The summed E-state index contributed by atoms with van der Waals surface area (Å²) in [4.78, 5) is 16.5. The number of carbonyl (C=O) groups is 1. The van der Waals surface area contributed by atoms with Crippen molar-refractivity contribution in [2.75, 3.05) is 5.32 Å². The number of pyridine rings is 1. The third kappa shape index (κ3) is 4.52. The molecule has 0 saturated heterocycles. The molecule has 3 rings (SSSR count). The Morgan fingerprint density at radius 2 is 1.75 bits per heavy atom. The molecular weight excluding hydrogens is 367 g/mol. The van der Waals surface area contributed by atoms with E-state index in [-0.39, 0.29) is 23.4 Å². The molecule has 0 aliphatic carbocycles. The third-order valence-corrected chi connectivity index (χ3v) is 4.22. The molecule has 0 fully saturated rings. The van der Waals surface area contributed by atoms with E-state index in [0.29, 0.717) is 28.9 Å². The lowest BCUT2D eigenvalue weighted by Gasteiger charge is -2.17. The molecule has 4 nitrogen and oxygen atoms in total. The Bertz CT molecular complexity index is 1030. The van der Waals surface area contributed by atoms with Crippen molar-refractivity contribution >= 4 is 22.8 Å². The maximum atomic E-state index is 14.4. The highest BCUT2D eigenvalue weighted by atomic mass is 19.1. The van der Waals surface area contributed by atoms with Crippen molar-refractivity contribution in [3.8, 4) is 0 Å². The molecule has 1 amide bonds. The molecule has 2 heterocycles. The van der Waals surface area contributed by atoms with Gasteiger partial charge in [0, 0.05) is 25.2 Å². The first-order chi connectivity index (χ1) is 13.0. The summed E-state index contributed by atoms with van der Waals surface area (Å²) in [5, 5.41) is 2.73. The number of nitrogens with zero attached hydrogens (tertiary/aromatic N) is 2. The van der Waals surface area contributed by atoms with Crippen LogP contribution in [0.25, 0.3) is 11.0 Å². The van der Waals surface area contributed by atoms with Gasteiger partial charge in [0.2, 0.25) is 5.91 Å². The lowest BCUT2D eigenvalue weighted by molar-refractivity contribution is -0.117. The van der Waals surface area contributed by atoms with Crippen molar-refractivity contribution in [3.05, 3.63) is 59.0 Å². The van der Waals surface area contributed by atoms with Gasteiger partial charge >= 0.3 is 0 Å². The van der Waals surface area contributed by atoms with Crippen LogP contribution in [0.4, 0.5) is 19.0 Å². The highest BCUT2D eigenvalue weighted by molar-refractivity contribution is 5.92. The average molecular weight is 389 g/mol. The monoisotopic (exact) mass is 389 g/mol. The second-order valence-electron chi connectivity index (χ2n) is 8.19. The molecule has 0 radical (unpaired) electrons. The van der Waals surface area contributed by atoms with Crippen LogP contribution in [0, 0.1) is 29.8 Å². The van der Waals surface area contributed by atoms with Crippen LogP contribution >= 0.6 is 0 Å². The van der Waals surface area contributed by atoms with Crippen molar-refractivity contribution in [1.29, 1.82) is 0 Å². The highest BCUT2D eigenvalue weighted by Crippen LogP contribution is 2.26. The van der Waals surface area contributed by atoms with Gasteiger partial charge in [0.25, 0.3) is 0 Å². The summed E-state index contributed by atoms with van der Waals surface area (Å²) in [6, 6.07) is 4.90. The van der Waals surface area contributed by atoms with Crippen LogP contribution in [0.2, 0.25) is 0 Å². The summed E-state index contributed by atoms with van der Waals surface area (Å²) in [6.45, 7) is 7.70. The first-order valence-electron chi connectivity index (χ1n) is 8.93. The van der Waals surface area contributed by atoms with Gasteiger partial charge in [-0.3, -0.25) is 4.79 Å². The average Bonchev–Trinajstić information content (AvgIpc) is 2.80. The van der Waals surface area contributed by atoms with Gasteiger partial charge in [0.1, 0.15) is 23.0 Å². The van der Waals surface area contributed by atoms with Crippen LogP contribution in [0.1, 0.15) is 38.3 Å². The Kier molecular flexibility index (Phi) is 5.19. The molecule has 0 bridgehead atoms. The summed E-state index contributed by atoms with van der Waals surface area (Å²) < 4.78 is 42.8. The molecule has 7 heteroatoms. The van der Waals surface area contributed by atoms with E-state index < -0.39 is 17.5 Å². The number of hydrogen-bond acceptors (Lipinski definition) is 2. The molecule has 2 aromatic heterocycles. The SMILES string of the molecule is Cc1cc2c(nc1NC(=O)CC(C)(C)C)c(F)cn2Cc1cc(F)cc(F)c1. The predicted octanol–water partition coefficient (Wildman–Crippen LogP) is 5.19. The number of amides is 1. The number of carbonyl (C=O) groups excluding carboxylic acids is 1. The molecule has 0 aliphatic heterocycles. The summed E-state index contributed by atoms with van der Waals surface area (Å²) in [5.41, 5.74) is 1.42. The number of anilines is 1. The normalized spacial score (nSPS) is 11.8. The lowest BCUT2D eigenvalue weighted by atomic mass is 9.92. The van der Waals surface area contributed by atoms with Crippen molar-refractivity contribution in [1.82, 2.24) is 9.55 Å². The topological polar surface area (TPSA) is 46.9 Å². The van der Waals surface area contributed by atoms with Crippen molar-refractivity contribution in [3.63, 3.8) is 0 Å². The molecule has 148 valence electrons. The zero-order valence-electron chi connectivity index (χ0n) is 16.2. The molecule has 0 spiro atoms. The van der Waals surface area contributed by atoms with E-state index >= 15 is 0 Å². The van der Waals surface area contributed by atoms with Crippen LogP contribution < -0.4 is 5.32 Å². The zero-order chi connectivity index (χ0) is 20.6. The first-order valence-corrected chi connectivity index (χ1v) is 8.93. The fourth-order valence-corrected chi connectivity index (χ4v) is 3.08. The maximum Gasteiger partial charge on any atom is 0.226 e. The van der Waals surface area contributed by atoms with Crippen LogP contribution in [0.3, 0.4) is 0 Å². The summed E-state index contributed by atoms with van der Waals surface area (Å²) in [5.74, 6) is -1.85. The van der Waals surface area contributed by atoms with Gasteiger partial charge < -0.3 is 9.88 Å². The Balaban J connectivity index is 1.93. The molecule has 0 aliphatic rings. The smallest absolute Gasteiger partial charge is 0.226 e. The van der Waals surface area contributed by atoms with Gasteiger partial charge in [-0.2, -0.15) is 0 Å². The number of aryl methyl sites for hydroxylation is 1. The van der Waals surface area contributed by atoms with E-state index in [2.05, 4.69) is 10.3 Å². The minimum atomic E-state index is -0.690. The molecule has 1 aromatic carbocycles. The quantitative estimate of drug-likeness (QED) is 0.668. The standard InChI is InChI=1S/C21H22F3N3O/c1-12-5-17-19(26-20(12)25-18(28)9-21(2,3)4)16(24)11-27(17)10-13-6-14(22)8-15(23)7-13/h5-8,11H,9-10H2,1-4H3,(H,25,26,28). The predicted molar refractivity (Wildman–Crippen MR) is 103 cm³/mol. The van der Waals surface area contributed by atoms with Crippen molar-refractivity contribution in [2.45, 2.75) is 40.7 Å². The van der Waals surface area contributed by atoms with Crippen molar-refractivity contribution in [2.24, 2.45) is 5.41 Å². The molecule has 1 N–H and O–H groups in total. The number of aromatic nitrogens is 2. The lowest BCUT2D eigenvalue weighted by Crippen LogP contribution is -2.20. The van der Waals surface area contributed by atoms with E-state index in [4.69, 9.17) is 0 Å². The van der Waals surface area contributed by atoms with Crippen LogP contribution in [-0.4, -0.2) is 15.5 Å². The van der Waals surface area contributed by atoms with Crippen molar-refractivity contribution < 1.29 is 18.0 Å². The summed E-state index contributed by atoms with van der Waals surface area (Å²) in [7, 11) is 0. The van der Waals surface area contributed by atoms with E-state index in [9.17, 15) is 18.0 Å². The summed E-state index contributed by atoms with van der Waals surface area (Å²) in [6.07, 6.45) is 1.54. The molecule has 28 heavy (non-hydrogen) atoms. The number of fused-ring (bicyclic) bond motifs is 1. The molecular formula is C21H22F3N3O. The largest absolute Gasteiger partial charge is 0.339 e. The third-order valence-electron chi connectivity index (χ3n) is 4.22. The minimum Gasteiger partial charge on any atom is -0.339 e. The van der Waals surface area contributed by atoms with Gasteiger partial charge in [-0.15, -0.1) is 0 Å². The highest BCUT2D eigenvalue weighted by Gasteiger charge is 2.19. The van der Waals surface area contributed by atoms with Gasteiger partial charge in [0.05, 0.1) is 5.52 Å². The second kappa shape index (κ2) is 7.30. The Morgan fingerprint density at radius 3 is 2.36 bits per heavy atom. The molecule has 0 atom stereocenters. The Labute approximate surface area is 161 Å². The Hall–Kier alpha value is -2.83. The number of nitrogens with one attached hydrogen (secondary N) is 1. The van der Waals surface area contributed by atoms with Gasteiger partial charge in [-0.1, -0.05) is 20.8 Å². The van der Waals surface area contributed by atoms with E-state index in [1.807, 2.05) is 20.8 Å². The fraction of sp³-hybridized carbons (Fsp3) is 0.333. The number of benzene rings is 1. The number of halogens is 3. The van der Waals surface area contributed by atoms with Crippen LogP contribution in [0.5, 0.6) is 0 Å². The summed E-state index contributed by atoms with van der Waals surface area (Å²) >= 11 is 0. The van der Waals surface area contributed by atoms with Gasteiger partial charge in [-0.05, 0) is 41.7 Å². The first kappa shape index (κ1) is 19.9. The Morgan fingerprint density at radius 1 is 1.11 bits per heavy atom. The number of hydrogen-bond donors (Lipinski definition) is 1. The van der Waals surface area contributed by atoms with Gasteiger partial charge in [0.15, 0.2) is 5.82 Å². The van der Waals surface area contributed by atoms with E-state index in [1.165, 1.54) is 18.3 Å². The van der Waals surface area contributed by atoms with Crippen LogP contribution in [0.15, 0.2) is 30.5 Å². The maximum absolute atomic E-state index is 14.4. The minimum absolute atomic E-state index is 0.0892. The molecule has 0 saturated carbocycles. The van der Waals surface area contributed by atoms with E-state index in [1.54, 1.807) is 17.6 Å². The fourth-order valence-electron chi connectivity index (χ4n) is 3.08. The zero-order valence-corrected chi connectivity index (χ0v) is 16.2.